The maximum atomic E-state index is 11.1. The Bertz CT molecular complexity index is 435. The van der Waals surface area contributed by atoms with Crippen LogP contribution in [0.4, 0.5) is 5.82 Å². The molecule has 0 spiro atoms. The minimum absolute atomic E-state index is 0.266. The number of nitrogens with zero attached hydrogens (tertiary/aromatic N) is 3. The highest BCUT2D eigenvalue weighted by Crippen LogP contribution is 2.40. The fourth-order valence-electron chi connectivity index (χ4n) is 2.89. The fourth-order valence-corrected chi connectivity index (χ4v) is 2.89. The Balaban J connectivity index is 1.97. The third-order valence-electron chi connectivity index (χ3n) is 3.61. The summed E-state index contributed by atoms with van der Waals surface area (Å²) < 4.78 is 0. The van der Waals surface area contributed by atoms with Crippen molar-refractivity contribution in [2.45, 2.75) is 25.3 Å². The van der Waals surface area contributed by atoms with Crippen molar-refractivity contribution in [3.05, 3.63) is 17.8 Å². The number of anilines is 1. The summed E-state index contributed by atoms with van der Waals surface area (Å²) in [5, 5.41) is 16.9. The van der Waals surface area contributed by atoms with Crippen LogP contribution in [0.1, 0.15) is 29.6 Å². The number of carboxylic acid groups (broad SMARTS) is 1. The molecule has 84 valence electrons. The van der Waals surface area contributed by atoms with Gasteiger partial charge in [-0.3, -0.25) is 0 Å². The van der Waals surface area contributed by atoms with Gasteiger partial charge in [0.15, 0.2) is 5.82 Å². The molecular formula is C11H13N3O2. The summed E-state index contributed by atoms with van der Waals surface area (Å²) in [7, 11) is 0. The van der Waals surface area contributed by atoms with Crippen LogP contribution in [0.15, 0.2) is 12.3 Å². The number of carboxylic acids is 1. The van der Waals surface area contributed by atoms with E-state index in [2.05, 4.69) is 15.1 Å². The first-order valence-electron chi connectivity index (χ1n) is 5.57. The molecule has 2 fully saturated rings. The maximum Gasteiger partial charge on any atom is 0.339 e. The number of hydrogen-bond acceptors (Lipinski definition) is 4. The van der Waals surface area contributed by atoms with Gasteiger partial charge in [-0.25, -0.2) is 4.79 Å². The average Bonchev–Trinajstić information content (AvgIpc) is 2.90. The molecule has 1 aromatic rings. The van der Waals surface area contributed by atoms with Crippen molar-refractivity contribution in [1.82, 2.24) is 10.2 Å². The highest BCUT2D eigenvalue weighted by Gasteiger charge is 2.39. The molecule has 2 unspecified atom stereocenters. The fraction of sp³-hybridized carbons (Fsp3) is 0.545. The predicted molar refractivity (Wildman–Crippen MR) is 57.5 cm³/mol. The van der Waals surface area contributed by atoms with Crippen LogP contribution in [0.3, 0.4) is 0 Å². The normalized spacial score (nSPS) is 27.4. The van der Waals surface area contributed by atoms with E-state index in [1.807, 2.05) is 0 Å². The Hall–Kier alpha value is -1.65. The number of piperidine rings is 1. The van der Waals surface area contributed by atoms with Gasteiger partial charge in [0, 0.05) is 12.6 Å². The lowest BCUT2D eigenvalue weighted by Gasteiger charge is -2.28. The van der Waals surface area contributed by atoms with E-state index in [9.17, 15) is 4.79 Å². The molecule has 5 heteroatoms. The minimum atomic E-state index is -0.923. The van der Waals surface area contributed by atoms with Gasteiger partial charge in [-0.15, -0.1) is 5.10 Å². The highest BCUT2D eigenvalue weighted by atomic mass is 16.4. The lowest BCUT2D eigenvalue weighted by atomic mass is 10.1. The first-order chi connectivity index (χ1) is 7.75. The van der Waals surface area contributed by atoms with Crippen molar-refractivity contribution < 1.29 is 9.90 Å². The van der Waals surface area contributed by atoms with Gasteiger partial charge in [-0.05, 0) is 31.2 Å². The first-order valence-corrected chi connectivity index (χ1v) is 5.57. The van der Waals surface area contributed by atoms with E-state index in [-0.39, 0.29) is 5.56 Å². The van der Waals surface area contributed by atoms with E-state index in [1.165, 1.54) is 25.1 Å². The van der Waals surface area contributed by atoms with E-state index >= 15 is 0 Å². The zero-order valence-corrected chi connectivity index (χ0v) is 8.83. The van der Waals surface area contributed by atoms with Crippen molar-refractivity contribution in [3.8, 4) is 0 Å². The first kappa shape index (κ1) is 9.57. The Morgan fingerprint density at radius 1 is 1.50 bits per heavy atom. The van der Waals surface area contributed by atoms with Crippen LogP contribution >= 0.6 is 0 Å². The number of fused-ring (bicyclic) bond motifs is 2. The second-order valence-corrected chi connectivity index (χ2v) is 4.56. The Kier molecular flexibility index (Phi) is 2.05. The van der Waals surface area contributed by atoms with Gasteiger partial charge in [0.25, 0.3) is 0 Å². The van der Waals surface area contributed by atoms with Crippen LogP contribution in [-0.4, -0.2) is 33.9 Å². The zero-order chi connectivity index (χ0) is 11.1. The number of aromatic carboxylic acids is 1. The topological polar surface area (TPSA) is 66.3 Å². The molecule has 1 saturated heterocycles. The second kappa shape index (κ2) is 3.43. The summed E-state index contributed by atoms with van der Waals surface area (Å²) in [6.07, 6.45) is 5.03. The molecular weight excluding hydrogens is 206 g/mol. The molecule has 0 aromatic carbocycles. The summed E-state index contributed by atoms with van der Waals surface area (Å²) in [6, 6.07) is 2.00. The predicted octanol–water partition coefficient (Wildman–Crippen LogP) is 1.16. The molecule has 1 aliphatic heterocycles. The smallest absolute Gasteiger partial charge is 0.339 e. The van der Waals surface area contributed by atoms with Gasteiger partial charge in [0.05, 0.1) is 6.20 Å². The molecule has 3 rings (SSSR count). The van der Waals surface area contributed by atoms with Gasteiger partial charge in [0.1, 0.15) is 5.56 Å². The van der Waals surface area contributed by atoms with E-state index in [1.54, 1.807) is 0 Å². The average molecular weight is 219 g/mol. The molecule has 1 N–H and O–H groups in total. The van der Waals surface area contributed by atoms with Crippen molar-refractivity contribution in [3.63, 3.8) is 0 Å². The molecule has 1 saturated carbocycles. The van der Waals surface area contributed by atoms with Gasteiger partial charge in [-0.2, -0.15) is 5.10 Å². The molecule has 0 amide bonds. The van der Waals surface area contributed by atoms with Gasteiger partial charge in [0.2, 0.25) is 0 Å². The van der Waals surface area contributed by atoms with Crippen LogP contribution in [0.2, 0.25) is 0 Å². The quantitative estimate of drug-likeness (QED) is 0.808. The lowest BCUT2D eigenvalue weighted by Crippen LogP contribution is -2.34. The number of rotatable bonds is 2. The maximum absolute atomic E-state index is 11.1. The van der Waals surface area contributed by atoms with Crippen LogP contribution < -0.4 is 4.90 Å². The van der Waals surface area contributed by atoms with E-state index in [4.69, 9.17) is 5.11 Å². The molecule has 16 heavy (non-hydrogen) atoms. The van der Waals surface area contributed by atoms with Crippen molar-refractivity contribution in [2.75, 3.05) is 11.4 Å². The zero-order valence-electron chi connectivity index (χ0n) is 8.83. The Morgan fingerprint density at radius 2 is 2.38 bits per heavy atom. The highest BCUT2D eigenvalue weighted by molar-refractivity contribution is 5.93. The van der Waals surface area contributed by atoms with Crippen molar-refractivity contribution in [1.29, 1.82) is 0 Å². The molecule has 5 nitrogen and oxygen atoms in total. The molecule has 2 heterocycles. The van der Waals surface area contributed by atoms with E-state index in [0.717, 1.165) is 13.0 Å². The summed E-state index contributed by atoms with van der Waals surface area (Å²) in [5.41, 5.74) is 0.266. The van der Waals surface area contributed by atoms with Gasteiger partial charge >= 0.3 is 5.97 Å². The third kappa shape index (κ3) is 1.35. The SMILES string of the molecule is O=C(O)c1ccnnc1N1CC2CCC1C2. The molecule has 1 aromatic heterocycles. The van der Waals surface area contributed by atoms with Crippen molar-refractivity contribution >= 4 is 11.8 Å². The molecule has 0 radical (unpaired) electrons. The Labute approximate surface area is 93.1 Å². The second-order valence-electron chi connectivity index (χ2n) is 4.56. The third-order valence-corrected chi connectivity index (χ3v) is 3.61. The van der Waals surface area contributed by atoms with E-state index in [0.29, 0.717) is 17.8 Å². The molecule has 1 aliphatic carbocycles. The van der Waals surface area contributed by atoms with Gasteiger partial charge in [-0.1, -0.05) is 0 Å². The minimum Gasteiger partial charge on any atom is -0.478 e. The lowest BCUT2D eigenvalue weighted by molar-refractivity contribution is 0.0697. The standard InChI is InChI=1S/C11H13N3O2/c15-11(16)9-3-4-12-13-10(9)14-6-7-1-2-8(14)5-7/h3-4,7-8H,1-2,5-6H2,(H,15,16). The number of aromatic nitrogens is 2. The monoisotopic (exact) mass is 219 g/mol. The number of hydrogen-bond donors (Lipinski definition) is 1. The van der Waals surface area contributed by atoms with Crippen LogP contribution in [0, 0.1) is 5.92 Å². The van der Waals surface area contributed by atoms with Crippen molar-refractivity contribution in [2.24, 2.45) is 5.92 Å². The summed E-state index contributed by atoms with van der Waals surface area (Å²) >= 11 is 0. The van der Waals surface area contributed by atoms with Crippen LogP contribution in [-0.2, 0) is 0 Å². The summed E-state index contributed by atoms with van der Waals surface area (Å²) in [4.78, 5) is 13.2. The largest absolute Gasteiger partial charge is 0.478 e. The van der Waals surface area contributed by atoms with E-state index < -0.39 is 5.97 Å². The van der Waals surface area contributed by atoms with Crippen LogP contribution in [0.25, 0.3) is 0 Å². The van der Waals surface area contributed by atoms with Crippen LogP contribution in [0.5, 0.6) is 0 Å². The van der Waals surface area contributed by atoms with Gasteiger partial charge < -0.3 is 10.0 Å². The summed E-state index contributed by atoms with van der Waals surface area (Å²) in [5.74, 6) is 0.337. The Morgan fingerprint density at radius 3 is 3.00 bits per heavy atom. The number of carbonyl (C=O) groups is 1. The molecule has 2 atom stereocenters. The molecule has 2 aliphatic rings. The molecule has 2 bridgehead atoms. The summed E-state index contributed by atoms with van der Waals surface area (Å²) in [6.45, 7) is 0.934.